The highest BCUT2D eigenvalue weighted by atomic mass is 14.5. The molecule has 0 bridgehead atoms. The first-order valence-corrected chi connectivity index (χ1v) is 19.7. The standard InChI is InChI=1S/C47H64N2/c1-6-9-11-14-45(43-26-24-41(48)32-34(43)4)37-16-20-39(21-17-37)47(30-28-36(13-8-3)29-31-47)40-22-18-38(19-23-40)46(15-12-10-7-2)44-27-25-42(49)33-35(44)5/h16-27,32-33,36,45-46H,6-15,28-31,48-49H2,1-5H3. The summed E-state index contributed by atoms with van der Waals surface area (Å²) < 4.78 is 0. The number of hydrogen-bond donors (Lipinski definition) is 2. The Bertz CT molecular complexity index is 1480. The maximum Gasteiger partial charge on any atom is 0.0316 e. The number of nitrogen functional groups attached to an aromatic ring is 2. The Morgan fingerprint density at radius 1 is 0.571 bits per heavy atom. The van der Waals surface area contributed by atoms with Crippen LogP contribution in [0.1, 0.15) is 167 Å². The van der Waals surface area contributed by atoms with Gasteiger partial charge < -0.3 is 11.5 Å². The summed E-state index contributed by atoms with van der Waals surface area (Å²) in [6.07, 6.45) is 17.6. The largest absolute Gasteiger partial charge is 0.399 e. The molecule has 0 saturated heterocycles. The third kappa shape index (κ3) is 8.80. The Labute approximate surface area is 299 Å². The number of benzene rings is 4. The molecule has 1 aliphatic rings. The molecule has 0 aromatic heterocycles. The molecule has 0 heterocycles. The van der Waals surface area contributed by atoms with E-state index in [4.69, 9.17) is 11.5 Å². The van der Waals surface area contributed by atoms with Crippen LogP contribution < -0.4 is 11.5 Å². The first kappa shape index (κ1) is 36.8. The monoisotopic (exact) mass is 657 g/mol. The molecule has 1 aliphatic carbocycles. The van der Waals surface area contributed by atoms with Gasteiger partial charge in [0.1, 0.15) is 0 Å². The summed E-state index contributed by atoms with van der Waals surface area (Å²) in [7, 11) is 0. The summed E-state index contributed by atoms with van der Waals surface area (Å²) in [5.41, 5.74) is 25.4. The van der Waals surface area contributed by atoms with Crippen LogP contribution in [0.4, 0.5) is 11.4 Å². The first-order valence-electron chi connectivity index (χ1n) is 19.7. The SMILES string of the molecule is CCCCCC(c1ccc(C2(c3ccc(C(CCCCC)c4ccc(N)cc4C)cc3)CCC(CCC)CC2)cc1)c1ccc(N)cc1C. The van der Waals surface area contributed by atoms with Crippen LogP contribution in [0.25, 0.3) is 0 Å². The van der Waals surface area contributed by atoms with Crippen molar-refractivity contribution in [1.29, 1.82) is 0 Å². The lowest BCUT2D eigenvalue weighted by Crippen LogP contribution is -2.33. The van der Waals surface area contributed by atoms with E-state index in [0.29, 0.717) is 11.8 Å². The number of unbranched alkanes of at least 4 members (excludes halogenated alkanes) is 4. The van der Waals surface area contributed by atoms with Gasteiger partial charge in [0.25, 0.3) is 0 Å². The predicted molar refractivity (Wildman–Crippen MR) is 214 cm³/mol. The molecule has 262 valence electrons. The molecule has 2 nitrogen and oxygen atoms in total. The minimum atomic E-state index is 0.0605. The minimum absolute atomic E-state index is 0.0605. The molecule has 2 atom stereocenters. The maximum atomic E-state index is 6.18. The van der Waals surface area contributed by atoms with Gasteiger partial charge in [-0.2, -0.15) is 0 Å². The van der Waals surface area contributed by atoms with E-state index in [2.05, 4.69) is 120 Å². The quantitative estimate of drug-likeness (QED) is 0.0931. The molecule has 2 unspecified atom stereocenters. The fraction of sp³-hybridized carbons (Fsp3) is 0.489. The third-order valence-corrected chi connectivity index (χ3v) is 11.9. The molecular formula is C47H64N2. The van der Waals surface area contributed by atoms with Crippen molar-refractivity contribution in [3.05, 3.63) is 129 Å². The predicted octanol–water partition coefficient (Wildman–Crippen LogP) is 13.2. The van der Waals surface area contributed by atoms with E-state index in [1.54, 1.807) is 0 Å². The number of anilines is 2. The number of aryl methyl sites for hydroxylation is 2. The van der Waals surface area contributed by atoms with E-state index >= 15 is 0 Å². The van der Waals surface area contributed by atoms with Gasteiger partial charge >= 0.3 is 0 Å². The van der Waals surface area contributed by atoms with Crippen LogP contribution in [-0.2, 0) is 5.41 Å². The van der Waals surface area contributed by atoms with Gasteiger partial charge in [0, 0.05) is 28.6 Å². The van der Waals surface area contributed by atoms with E-state index in [0.717, 1.165) is 17.3 Å². The Morgan fingerprint density at radius 2 is 1.00 bits per heavy atom. The topological polar surface area (TPSA) is 52.0 Å². The minimum Gasteiger partial charge on any atom is -0.399 e. The fourth-order valence-electron chi connectivity index (χ4n) is 9.06. The van der Waals surface area contributed by atoms with Crippen LogP contribution in [0.5, 0.6) is 0 Å². The van der Waals surface area contributed by atoms with Gasteiger partial charge in [-0.3, -0.25) is 0 Å². The van der Waals surface area contributed by atoms with Gasteiger partial charge in [0.15, 0.2) is 0 Å². The van der Waals surface area contributed by atoms with Crippen molar-refractivity contribution < 1.29 is 0 Å². The number of rotatable bonds is 16. The van der Waals surface area contributed by atoms with Gasteiger partial charge in [-0.1, -0.05) is 133 Å². The molecule has 1 fully saturated rings. The second kappa shape index (κ2) is 17.4. The smallest absolute Gasteiger partial charge is 0.0316 e. The lowest BCUT2D eigenvalue weighted by atomic mass is 9.62. The molecule has 4 N–H and O–H groups in total. The Hall–Kier alpha value is -3.52. The van der Waals surface area contributed by atoms with Crippen LogP contribution in [0.2, 0.25) is 0 Å². The van der Waals surface area contributed by atoms with Gasteiger partial charge in [-0.05, 0) is 127 Å². The molecule has 0 radical (unpaired) electrons. The van der Waals surface area contributed by atoms with Crippen molar-refractivity contribution in [2.75, 3.05) is 11.5 Å². The zero-order chi connectivity index (χ0) is 34.8. The van der Waals surface area contributed by atoms with E-state index in [1.807, 2.05) is 0 Å². The fourth-order valence-corrected chi connectivity index (χ4v) is 9.06. The normalized spacial score (nSPS) is 19.1. The average Bonchev–Trinajstić information content (AvgIpc) is 3.10. The number of nitrogens with two attached hydrogens (primary N) is 2. The van der Waals surface area contributed by atoms with Crippen LogP contribution in [0.3, 0.4) is 0 Å². The molecule has 49 heavy (non-hydrogen) atoms. The van der Waals surface area contributed by atoms with Gasteiger partial charge in [0.2, 0.25) is 0 Å². The Morgan fingerprint density at radius 3 is 1.37 bits per heavy atom. The van der Waals surface area contributed by atoms with Crippen LogP contribution >= 0.6 is 0 Å². The van der Waals surface area contributed by atoms with Crippen molar-refractivity contribution in [3.8, 4) is 0 Å². The lowest BCUT2D eigenvalue weighted by molar-refractivity contribution is 0.253. The first-order chi connectivity index (χ1) is 23.8. The molecule has 5 rings (SSSR count). The summed E-state index contributed by atoms with van der Waals surface area (Å²) in [5, 5.41) is 0. The molecule has 1 saturated carbocycles. The number of hydrogen-bond acceptors (Lipinski definition) is 2. The van der Waals surface area contributed by atoms with Crippen LogP contribution in [0, 0.1) is 19.8 Å². The molecule has 4 aromatic rings. The van der Waals surface area contributed by atoms with Crippen molar-refractivity contribution in [3.63, 3.8) is 0 Å². The van der Waals surface area contributed by atoms with Crippen molar-refractivity contribution in [2.45, 2.75) is 142 Å². The third-order valence-electron chi connectivity index (χ3n) is 11.9. The van der Waals surface area contributed by atoms with Crippen LogP contribution in [-0.4, -0.2) is 0 Å². The summed E-state index contributed by atoms with van der Waals surface area (Å²) in [5.74, 6) is 1.65. The van der Waals surface area contributed by atoms with E-state index < -0.39 is 0 Å². The summed E-state index contributed by atoms with van der Waals surface area (Å²) in [4.78, 5) is 0. The van der Waals surface area contributed by atoms with Gasteiger partial charge in [-0.15, -0.1) is 0 Å². The van der Waals surface area contributed by atoms with E-state index in [1.165, 1.54) is 134 Å². The second-order valence-electron chi connectivity index (χ2n) is 15.4. The van der Waals surface area contributed by atoms with Gasteiger partial charge in [-0.25, -0.2) is 0 Å². The van der Waals surface area contributed by atoms with E-state index in [-0.39, 0.29) is 5.41 Å². The highest BCUT2D eigenvalue weighted by Crippen LogP contribution is 2.48. The molecule has 4 aromatic carbocycles. The van der Waals surface area contributed by atoms with E-state index in [9.17, 15) is 0 Å². The maximum absolute atomic E-state index is 6.18. The molecule has 2 heteroatoms. The molecular weight excluding hydrogens is 593 g/mol. The highest BCUT2D eigenvalue weighted by molar-refractivity contribution is 5.51. The highest BCUT2D eigenvalue weighted by Gasteiger charge is 2.38. The van der Waals surface area contributed by atoms with Crippen LogP contribution in [0.15, 0.2) is 84.9 Å². The zero-order valence-electron chi connectivity index (χ0n) is 31.4. The average molecular weight is 657 g/mol. The lowest BCUT2D eigenvalue weighted by Gasteiger charge is -2.42. The van der Waals surface area contributed by atoms with Crippen molar-refractivity contribution in [1.82, 2.24) is 0 Å². The van der Waals surface area contributed by atoms with Gasteiger partial charge in [0.05, 0.1) is 0 Å². The molecule has 0 aliphatic heterocycles. The summed E-state index contributed by atoms with van der Waals surface area (Å²) >= 11 is 0. The zero-order valence-corrected chi connectivity index (χ0v) is 31.4. The summed E-state index contributed by atoms with van der Waals surface area (Å²) in [6.45, 7) is 11.4. The van der Waals surface area contributed by atoms with Crippen molar-refractivity contribution in [2.24, 2.45) is 5.92 Å². The summed E-state index contributed by atoms with van der Waals surface area (Å²) in [6, 6.07) is 32.8. The second-order valence-corrected chi connectivity index (χ2v) is 15.4. The Kier molecular flexibility index (Phi) is 13.1. The van der Waals surface area contributed by atoms with Crippen molar-refractivity contribution >= 4 is 11.4 Å². The molecule has 0 spiro atoms. The molecule has 0 amide bonds. The Balaban J connectivity index is 1.49.